The number of ether oxygens (including phenoxy) is 1. The van der Waals surface area contributed by atoms with E-state index < -0.39 is 18.0 Å². The van der Waals surface area contributed by atoms with E-state index in [0.29, 0.717) is 11.1 Å². The Morgan fingerprint density at radius 3 is 2.62 bits per heavy atom. The molecule has 0 saturated heterocycles. The normalized spacial score (nSPS) is 11.8. The highest BCUT2D eigenvalue weighted by Gasteiger charge is 2.21. The van der Waals surface area contributed by atoms with Crippen molar-refractivity contribution in [3.63, 3.8) is 0 Å². The first-order chi connectivity index (χ1) is 12.4. The van der Waals surface area contributed by atoms with Gasteiger partial charge in [-0.1, -0.05) is 24.3 Å². The Morgan fingerprint density at radius 1 is 1.08 bits per heavy atom. The highest BCUT2D eigenvalue weighted by atomic mass is 16.6. The van der Waals surface area contributed by atoms with Crippen LogP contribution in [0.3, 0.4) is 0 Å². The van der Waals surface area contributed by atoms with Gasteiger partial charge in [-0.15, -0.1) is 0 Å². The summed E-state index contributed by atoms with van der Waals surface area (Å²) in [5.41, 5.74) is 1.53. The van der Waals surface area contributed by atoms with Crippen molar-refractivity contribution in [3.05, 3.63) is 76.1 Å². The maximum atomic E-state index is 12.2. The third-order valence-corrected chi connectivity index (χ3v) is 3.77. The highest BCUT2D eigenvalue weighted by Crippen LogP contribution is 2.14. The van der Waals surface area contributed by atoms with Gasteiger partial charge in [0.15, 0.2) is 11.5 Å². The van der Waals surface area contributed by atoms with Crippen LogP contribution in [0.5, 0.6) is 0 Å². The maximum Gasteiger partial charge on any atom is 0.375 e. The molecule has 1 N–H and O–H groups in total. The highest BCUT2D eigenvalue weighted by molar-refractivity contribution is 5.97. The van der Waals surface area contributed by atoms with E-state index in [-0.39, 0.29) is 16.8 Å². The topological polar surface area (TPSA) is 85.6 Å². The molecule has 26 heavy (non-hydrogen) atoms. The van der Waals surface area contributed by atoms with E-state index in [9.17, 15) is 14.4 Å². The summed E-state index contributed by atoms with van der Waals surface area (Å²) in [4.78, 5) is 36.5. The molecule has 3 aromatic rings. The second-order valence-corrected chi connectivity index (χ2v) is 5.88. The molecule has 1 aromatic heterocycles. The molecule has 0 radical (unpaired) electrons. The fraction of sp³-hybridized carbons (Fsp3) is 0.150. The number of esters is 1. The second-order valence-electron chi connectivity index (χ2n) is 5.88. The Bertz CT molecular complexity index is 1040. The Balaban J connectivity index is 1.73. The molecule has 0 bridgehead atoms. The lowest BCUT2D eigenvalue weighted by molar-refractivity contribution is -0.123. The molecule has 0 unspecified atom stereocenters. The molecular weight excluding hydrogens is 334 g/mol. The Morgan fingerprint density at radius 2 is 1.85 bits per heavy atom. The Kier molecular flexibility index (Phi) is 4.84. The summed E-state index contributed by atoms with van der Waals surface area (Å²) in [5.74, 6) is -1.60. The monoisotopic (exact) mass is 351 g/mol. The molecular formula is C20H17NO5. The van der Waals surface area contributed by atoms with Gasteiger partial charge in [-0.2, -0.15) is 0 Å². The molecule has 0 saturated carbocycles. The Labute approximate surface area is 149 Å². The van der Waals surface area contributed by atoms with Crippen LogP contribution in [0.25, 0.3) is 11.0 Å². The van der Waals surface area contributed by atoms with E-state index in [0.717, 1.165) is 11.6 Å². The van der Waals surface area contributed by atoms with Crippen LogP contribution in [0, 0.1) is 6.92 Å². The number of nitrogens with one attached hydrogen (secondary N) is 1. The van der Waals surface area contributed by atoms with Gasteiger partial charge in [0.25, 0.3) is 5.91 Å². The smallest absolute Gasteiger partial charge is 0.375 e. The first kappa shape index (κ1) is 17.4. The number of anilines is 1. The summed E-state index contributed by atoms with van der Waals surface area (Å²) in [7, 11) is 0. The lowest BCUT2D eigenvalue weighted by atomic mass is 10.2. The standard InChI is InChI=1S/C20H17NO5/c1-12-6-5-7-14(10-12)21-19(23)13(2)25-20(24)18-11-16(22)15-8-3-4-9-17(15)26-18/h3-11,13H,1-2H3,(H,21,23)/t13-/m1/s1. The minimum atomic E-state index is -1.06. The third-order valence-electron chi connectivity index (χ3n) is 3.77. The van der Waals surface area contributed by atoms with Gasteiger partial charge in [0.1, 0.15) is 5.58 Å². The summed E-state index contributed by atoms with van der Waals surface area (Å²) in [6.07, 6.45) is -1.06. The zero-order valence-corrected chi connectivity index (χ0v) is 14.3. The number of fused-ring (bicyclic) bond motifs is 1. The van der Waals surface area contributed by atoms with Crippen LogP contribution in [0.15, 0.2) is 63.8 Å². The van der Waals surface area contributed by atoms with Gasteiger partial charge >= 0.3 is 5.97 Å². The molecule has 0 aliphatic carbocycles. The van der Waals surface area contributed by atoms with Gasteiger partial charge in [0.05, 0.1) is 5.39 Å². The third kappa shape index (κ3) is 3.80. The number of carbonyl (C=O) groups excluding carboxylic acids is 2. The van der Waals surface area contributed by atoms with Gasteiger partial charge in [0, 0.05) is 11.8 Å². The van der Waals surface area contributed by atoms with Crippen LogP contribution in [0.1, 0.15) is 23.0 Å². The summed E-state index contributed by atoms with van der Waals surface area (Å²) < 4.78 is 10.5. The number of hydrogen-bond acceptors (Lipinski definition) is 5. The van der Waals surface area contributed by atoms with Gasteiger partial charge < -0.3 is 14.5 Å². The molecule has 6 nitrogen and oxygen atoms in total. The van der Waals surface area contributed by atoms with Gasteiger partial charge in [-0.25, -0.2) is 4.79 Å². The SMILES string of the molecule is Cc1cccc(NC(=O)[C@@H](C)OC(=O)c2cc(=O)c3ccccc3o2)c1. The fourth-order valence-electron chi connectivity index (χ4n) is 2.44. The summed E-state index contributed by atoms with van der Waals surface area (Å²) >= 11 is 0. The van der Waals surface area contributed by atoms with E-state index in [1.165, 1.54) is 6.92 Å². The maximum absolute atomic E-state index is 12.2. The molecule has 6 heteroatoms. The quantitative estimate of drug-likeness (QED) is 0.729. The lowest BCUT2D eigenvalue weighted by Gasteiger charge is -2.13. The van der Waals surface area contributed by atoms with Crippen LogP contribution in [0.4, 0.5) is 5.69 Å². The van der Waals surface area contributed by atoms with Gasteiger partial charge in [0.2, 0.25) is 5.76 Å². The van der Waals surface area contributed by atoms with E-state index in [1.54, 1.807) is 36.4 Å². The zero-order valence-electron chi connectivity index (χ0n) is 14.3. The van der Waals surface area contributed by atoms with Crippen molar-refractivity contribution in [1.29, 1.82) is 0 Å². The van der Waals surface area contributed by atoms with Crippen molar-refractivity contribution >= 4 is 28.5 Å². The lowest BCUT2D eigenvalue weighted by Crippen LogP contribution is -2.30. The van der Waals surface area contributed by atoms with Crippen LogP contribution in [-0.2, 0) is 9.53 Å². The van der Waals surface area contributed by atoms with Crippen LogP contribution in [-0.4, -0.2) is 18.0 Å². The van der Waals surface area contributed by atoms with Gasteiger partial charge in [-0.05, 0) is 43.7 Å². The molecule has 0 spiro atoms. The average molecular weight is 351 g/mol. The summed E-state index contributed by atoms with van der Waals surface area (Å²) in [6, 6.07) is 14.9. The van der Waals surface area contributed by atoms with Crippen molar-refractivity contribution in [2.75, 3.05) is 5.32 Å². The van der Waals surface area contributed by atoms with Crippen molar-refractivity contribution in [2.45, 2.75) is 20.0 Å². The first-order valence-corrected chi connectivity index (χ1v) is 8.05. The number of aryl methyl sites for hydroxylation is 1. The summed E-state index contributed by atoms with van der Waals surface area (Å²) in [5, 5.41) is 3.04. The van der Waals surface area contributed by atoms with Crippen LogP contribution < -0.4 is 10.7 Å². The van der Waals surface area contributed by atoms with Crippen molar-refractivity contribution in [3.8, 4) is 0 Å². The molecule has 2 aromatic carbocycles. The molecule has 0 aliphatic heterocycles. The van der Waals surface area contributed by atoms with Crippen molar-refractivity contribution in [2.24, 2.45) is 0 Å². The predicted octanol–water partition coefficient (Wildman–Crippen LogP) is 3.29. The average Bonchev–Trinajstić information content (AvgIpc) is 2.61. The second kappa shape index (κ2) is 7.23. The first-order valence-electron chi connectivity index (χ1n) is 8.05. The number of rotatable bonds is 4. The van der Waals surface area contributed by atoms with Crippen LogP contribution in [0.2, 0.25) is 0 Å². The molecule has 132 valence electrons. The summed E-state index contributed by atoms with van der Waals surface area (Å²) in [6.45, 7) is 3.35. The predicted molar refractivity (Wildman–Crippen MR) is 97.2 cm³/mol. The number of hydrogen-bond donors (Lipinski definition) is 1. The Hall–Kier alpha value is -3.41. The fourth-order valence-corrected chi connectivity index (χ4v) is 2.44. The minimum Gasteiger partial charge on any atom is -0.449 e. The number of para-hydroxylation sites is 1. The largest absolute Gasteiger partial charge is 0.449 e. The molecule has 1 amide bonds. The van der Waals surface area contributed by atoms with Gasteiger partial charge in [-0.3, -0.25) is 9.59 Å². The molecule has 0 aliphatic rings. The minimum absolute atomic E-state index is 0.246. The zero-order chi connectivity index (χ0) is 18.7. The molecule has 1 heterocycles. The van der Waals surface area contributed by atoms with E-state index >= 15 is 0 Å². The van der Waals surface area contributed by atoms with Crippen LogP contribution >= 0.6 is 0 Å². The van der Waals surface area contributed by atoms with Crippen molar-refractivity contribution < 1.29 is 18.7 Å². The molecule has 0 fully saturated rings. The van der Waals surface area contributed by atoms with E-state index in [1.807, 2.05) is 19.1 Å². The molecule has 3 rings (SSSR count). The van der Waals surface area contributed by atoms with E-state index in [2.05, 4.69) is 5.32 Å². The van der Waals surface area contributed by atoms with E-state index in [4.69, 9.17) is 9.15 Å². The number of benzene rings is 2. The van der Waals surface area contributed by atoms with Crippen molar-refractivity contribution in [1.82, 2.24) is 0 Å². The number of amides is 1. The molecule has 1 atom stereocenters. The number of carbonyl (C=O) groups is 2.